The van der Waals surface area contributed by atoms with Crippen LogP contribution in [0.3, 0.4) is 0 Å². The standard InChI is InChI=1S/C22H34N4O2/c23-21(27)10-11-22(28)24-19-8-6-18(7-9-19)12-13-25-14-16-26(17-15-25)20-4-2-1-3-5-20/h1-5,18-19H,6-17H2,(H2,23,27)(H,24,28). The van der Waals surface area contributed by atoms with Crippen molar-refractivity contribution in [3.8, 4) is 0 Å². The van der Waals surface area contributed by atoms with E-state index in [1.165, 1.54) is 31.5 Å². The fraction of sp³-hybridized carbons (Fsp3) is 0.636. The minimum atomic E-state index is -0.413. The third-order valence-electron chi connectivity index (χ3n) is 6.16. The van der Waals surface area contributed by atoms with Crippen LogP contribution in [0.4, 0.5) is 5.69 Å². The summed E-state index contributed by atoms with van der Waals surface area (Å²) in [6.07, 6.45) is 6.08. The lowest BCUT2D eigenvalue weighted by Gasteiger charge is -2.37. The first-order valence-corrected chi connectivity index (χ1v) is 10.7. The Morgan fingerprint density at radius 1 is 0.964 bits per heavy atom. The molecule has 2 aliphatic rings. The normalized spacial score (nSPS) is 23.4. The summed E-state index contributed by atoms with van der Waals surface area (Å²) in [6.45, 7) is 5.67. The minimum absolute atomic E-state index is 0.0430. The van der Waals surface area contributed by atoms with Crippen LogP contribution in [-0.2, 0) is 9.59 Å². The molecular weight excluding hydrogens is 352 g/mol. The molecule has 2 amide bonds. The van der Waals surface area contributed by atoms with Crippen LogP contribution in [-0.4, -0.2) is 55.5 Å². The summed E-state index contributed by atoms with van der Waals surface area (Å²) >= 11 is 0. The van der Waals surface area contributed by atoms with E-state index in [4.69, 9.17) is 5.73 Å². The average molecular weight is 387 g/mol. The van der Waals surface area contributed by atoms with Crippen LogP contribution in [0.15, 0.2) is 30.3 Å². The molecular formula is C22H34N4O2. The lowest BCUT2D eigenvalue weighted by atomic mass is 9.84. The van der Waals surface area contributed by atoms with Crippen LogP contribution >= 0.6 is 0 Å². The van der Waals surface area contributed by atoms with Crippen molar-refractivity contribution in [1.29, 1.82) is 0 Å². The zero-order valence-corrected chi connectivity index (χ0v) is 16.8. The maximum atomic E-state index is 11.8. The van der Waals surface area contributed by atoms with Gasteiger partial charge in [-0.3, -0.25) is 14.5 Å². The van der Waals surface area contributed by atoms with E-state index in [0.29, 0.717) is 0 Å². The summed E-state index contributed by atoms with van der Waals surface area (Å²) in [4.78, 5) is 27.7. The Labute approximate surface area is 168 Å². The summed E-state index contributed by atoms with van der Waals surface area (Å²) in [5.74, 6) is 0.313. The van der Waals surface area contributed by atoms with E-state index in [9.17, 15) is 9.59 Å². The van der Waals surface area contributed by atoms with Crippen LogP contribution in [0.5, 0.6) is 0 Å². The summed E-state index contributed by atoms with van der Waals surface area (Å²) in [6, 6.07) is 10.9. The molecule has 2 fully saturated rings. The number of carbonyl (C=O) groups is 2. The number of benzene rings is 1. The molecule has 6 nitrogen and oxygen atoms in total. The second-order valence-corrected chi connectivity index (χ2v) is 8.20. The molecule has 0 radical (unpaired) electrons. The van der Waals surface area contributed by atoms with E-state index in [1.54, 1.807) is 0 Å². The predicted octanol–water partition coefficient (Wildman–Crippen LogP) is 2.14. The Bertz CT molecular complexity index is 621. The molecule has 1 saturated heterocycles. The lowest BCUT2D eigenvalue weighted by Crippen LogP contribution is -2.47. The quantitative estimate of drug-likeness (QED) is 0.717. The number of amides is 2. The molecule has 1 aliphatic heterocycles. The zero-order valence-electron chi connectivity index (χ0n) is 16.8. The largest absolute Gasteiger partial charge is 0.370 e. The fourth-order valence-electron chi connectivity index (χ4n) is 4.37. The third-order valence-corrected chi connectivity index (χ3v) is 6.16. The van der Waals surface area contributed by atoms with Gasteiger partial charge in [0.2, 0.25) is 11.8 Å². The van der Waals surface area contributed by atoms with Gasteiger partial charge in [0.05, 0.1) is 0 Å². The molecule has 28 heavy (non-hydrogen) atoms. The molecule has 6 heteroatoms. The van der Waals surface area contributed by atoms with Gasteiger partial charge in [-0.05, 0) is 56.7 Å². The van der Waals surface area contributed by atoms with Crippen LogP contribution in [0, 0.1) is 5.92 Å². The lowest BCUT2D eigenvalue weighted by molar-refractivity contribution is -0.125. The number of nitrogens with one attached hydrogen (secondary N) is 1. The van der Waals surface area contributed by atoms with Crippen LogP contribution in [0.2, 0.25) is 0 Å². The van der Waals surface area contributed by atoms with Gasteiger partial charge < -0.3 is 16.0 Å². The van der Waals surface area contributed by atoms with Gasteiger partial charge in [0.1, 0.15) is 0 Å². The molecule has 0 bridgehead atoms. The number of piperazine rings is 1. The zero-order chi connectivity index (χ0) is 19.8. The number of hydrogen-bond donors (Lipinski definition) is 2. The van der Waals surface area contributed by atoms with Gasteiger partial charge in [0.25, 0.3) is 0 Å². The number of rotatable bonds is 8. The predicted molar refractivity (Wildman–Crippen MR) is 112 cm³/mol. The van der Waals surface area contributed by atoms with E-state index in [2.05, 4.69) is 45.4 Å². The first-order valence-electron chi connectivity index (χ1n) is 10.7. The molecule has 1 saturated carbocycles. The van der Waals surface area contributed by atoms with Crippen molar-refractivity contribution in [2.75, 3.05) is 37.6 Å². The summed E-state index contributed by atoms with van der Waals surface area (Å²) < 4.78 is 0. The second-order valence-electron chi connectivity index (χ2n) is 8.20. The monoisotopic (exact) mass is 386 g/mol. The van der Waals surface area contributed by atoms with Crippen molar-refractivity contribution >= 4 is 17.5 Å². The average Bonchev–Trinajstić information content (AvgIpc) is 2.73. The van der Waals surface area contributed by atoms with Gasteiger partial charge in [-0.25, -0.2) is 0 Å². The highest BCUT2D eigenvalue weighted by atomic mass is 16.2. The van der Waals surface area contributed by atoms with Crippen molar-refractivity contribution in [2.45, 2.75) is 51.0 Å². The Morgan fingerprint density at radius 3 is 2.29 bits per heavy atom. The van der Waals surface area contributed by atoms with E-state index in [0.717, 1.165) is 44.9 Å². The first-order chi connectivity index (χ1) is 13.6. The number of hydrogen-bond acceptors (Lipinski definition) is 4. The van der Waals surface area contributed by atoms with Crippen LogP contribution in [0.1, 0.15) is 44.9 Å². The SMILES string of the molecule is NC(=O)CCC(=O)NC1CCC(CCN2CCN(c3ccccc3)CC2)CC1. The van der Waals surface area contributed by atoms with Crippen LogP contribution < -0.4 is 16.0 Å². The summed E-state index contributed by atoms with van der Waals surface area (Å²) in [5, 5.41) is 3.06. The molecule has 0 unspecified atom stereocenters. The minimum Gasteiger partial charge on any atom is -0.370 e. The molecule has 0 spiro atoms. The van der Waals surface area contributed by atoms with Gasteiger partial charge >= 0.3 is 0 Å². The van der Waals surface area contributed by atoms with Gasteiger partial charge in [-0.1, -0.05) is 18.2 Å². The highest BCUT2D eigenvalue weighted by Gasteiger charge is 2.24. The number of para-hydroxylation sites is 1. The Morgan fingerprint density at radius 2 is 1.64 bits per heavy atom. The summed E-state index contributed by atoms with van der Waals surface area (Å²) in [7, 11) is 0. The number of nitrogens with zero attached hydrogens (tertiary/aromatic N) is 2. The van der Waals surface area contributed by atoms with Crippen molar-refractivity contribution in [3.05, 3.63) is 30.3 Å². The van der Waals surface area contributed by atoms with Gasteiger partial charge in [-0.2, -0.15) is 0 Å². The molecule has 154 valence electrons. The topological polar surface area (TPSA) is 78.7 Å². The smallest absolute Gasteiger partial charge is 0.220 e. The highest BCUT2D eigenvalue weighted by molar-refractivity contribution is 5.82. The second kappa shape index (κ2) is 10.5. The van der Waals surface area contributed by atoms with Crippen LogP contribution in [0.25, 0.3) is 0 Å². The first kappa shape index (κ1) is 20.6. The molecule has 1 aromatic carbocycles. The molecule has 3 N–H and O–H groups in total. The van der Waals surface area contributed by atoms with Crippen molar-refractivity contribution in [1.82, 2.24) is 10.2 Å². The number of anilines is 1. The highest BCUT2D eigenvalue weighted by Crippen LogP contribution is 2.27. The van der Waals surface area contributed by atoms with E-state index in [-0.39, 0.29) is 24.8 Å². The fourth-order valence-corrected chi connectivity index (χ4v) is 4.37. The van der Waals surface area contributed by atoms with Crippen molar-refractivity contribution in [3.63, 3.8) is 0 Å². The molecule has 1 aromatic rings. The van der Waals surface area contributed by atoms with E-state index in [1.807, 2.05) is 0 Å². The van der Waals surface area contributed by atoms with Gasteiger partial charge in [0, 0.05) is 50.7 Å². The number of primary amides is 1. The Hall–Kier alpha value is -2.08. The third kappa shape index (κ3) is 6.51. The molecule has 0 atom stereocenters. The van der Waals surface area contributed by atoms with E-state index >= 15 is 0 Å². The van der Waals surface area contributed by atoms with Crippen molar-refractivity contribution in [2.24, 2.45) is 11.7 Å². The maximum absolute atomic E-state index is 11.8. The maximum Gasteiger partial charge on any atom is 0.220 e. The molecule has 3 rings (SSSR count). The molecule has 0 aromatic heterocycles. The van der Waals surface area contributed by atoms with E-state index < -0.39 is 5.91 Å². The van der Waals surface area contributed by atoms with Gasteiger partial charge in [-0.15, -0.1) is 0 Å². The van der Waals surface area contributed by atoms with Gasteiger partial charge in [0.15, 0.2) is 0 Å². The number of carbonyl (C=O) groups excluding carboxylic acids is 2. The Kier molecular flexibility index (Phi) is 7.71. The molecule has 1 aliphatic carbocycles. The molecule has 1 heterocycles. The van der Waals surface area contributed by atoms with Crippen molar-refractivity contribution < 1.29 is 9.59 Å². The number of nitrogens with two attached hydrogens (primary N) is 1. The summed E-state index contributed by atoms with van der Waals surface area (Å²) in [5.41, 5.74) is 6.43. The Balaban J connectivity index is 1.29.